The van der Waals surface area contributed by atoms with E-state index >= 15 is 0 Å². The van der Waals surface area contributed by atoms with Gasteiger partial charge in [0, 0.05) is 31.5 Å². The molecular weight excluding hydrogens is 284 g/mol. The van der Waals surface area contributed by atoms with Gasteiger partial charge in [0.2, 0.25) is 0 Å². The monoisotopic (exact) mass is 300 g/mol. The Labute approximate surface area is 128 Å². The molecule has 0 spiro atoms. The molecule has 0 aliphatic rings. The Kier molecular flexibility index (Phi) is 5.32. The number of Topliss-reactive ketones (excluding diaryl/α,β-unsaturated/α-hetero) is 1. The lowest BCUT2D eigenvalue weighted by molar-refractivity contribution is 0.0507. The Morgan fingerprint density at radius 3 is 2.73 bits per heavy atom. The van der Waals surface area contributed by atoms with Gasteiger partial charge < -0.3 is 9.47 Å². The molecule has 2 aromatic heterocycles. The van der Waals surface area contributed by atoms with Crippen molar-refractivity contribution in [2.24, 2.45) is 0 Å². The molecule has 0 fully saturated rings. The molecular formula is C16H16N2O4. The zero-order chi connectivity index (χ0) is 15.9. The maximum Gasteiger partial charge on any atom is 0.188 e. The van der Waals surface area contributed by atoms with Crippen LogP contribution < -0.4 is 4.74 Å². The van der Waals surface area contributed by atoms with Crippen molar-refractivity contribution in [3.63, 3.8) is 0 Å². The summed E-state index contributed by atoms with van der Waals surface area (Å²) < 4.78 is 10.4. The molecule has 6 heteroatoms. The van der Waals surface area contributed by atoms with Gasteiger partial charge in [-0.15, -0.1) is 0 Å². The van der Waals surface area contributed by atoms with Gasteiger partial charge in [-0.3, -0.25) is 19.6 Å². The number of carbonyl (C=O) groups excluding carboxylic acids is 2. The smallest absolute Gasteiger partial charge is 0.188 e. The van der Waals surface area contributed by atoms with Crippen molar-refractivity contribution >= 4 is 12.1 Å². The summed E-state index contributed by atoms with van der Waals surface area (Å²) in [6, 6.07) is 4.91. The number of hydrogen-bond donors (Lipinski definition) is 0. The molecule has 0 saturated heterocycles. The summed E-state index contributed by atoms with van der Waals surface area (Å²) in [6.07, 6.45) is 4.11. The number of ketones is 1. The molecule has 0 unspecified atom stereocenters. The first kappa shape index (κ1) is 15.8. The molecule has 0 aliphatic carbocycles. The van der Waals surface area contributed by atoms with Crippen molar-refractivity contribution in [2.75, 3.05) is 13.9 Å². The molecule has 0 saturated carbocycles. The average Bonchev–Trinajstić information content (AvgIpc) is 2.58. The molecule has 2 rings (SSSR count). The molecule has 2 heterocycles. The highest BCUT2D eigenvalue weighted by molar-refractivity contribution is 5.95. The maximum atomic E-state index is 11.8. The van der Waals surface area contributed by atoms with Crippen molar-refractivity contribution < 1.29 is 19.1 Å². The van der Waals surface area contributed by atoms with E-state index in [9.17, 15) is 9.59 Å². The van der Waals surface area contributed by atoms with Crippen molar-refractivity contribution in [1.82, 2.24) is 9.97 Å². The molecule has 0 radical (unpaired) electrons. The average molecular weight is 300 g/mol. The number of methoxy groups -OCH3 is 1. The van der Waals surface area contributed by atoms with E-state index in [0.29, 0.717) is 41.0 Å². The summed E-state index contributed by atoms with van der Waals surface area (Å²) in [7, 11) is 1.49. The summed E-state index contributed by atoms with van der Waals surface area (Å²) in [4.78, 5) is 31.3. The number of pyridine rings is 2. The quantitative estimate of drug-likeness (QED) is 0.444. The number of carbonyl (C=O) groups is 2. The second-order valence-corrected chi connectivity index (χ2v) is 4.45. The van der Waals surface area contributed by atoms with E-state index in [1.54, 1.807) is 25.1 Å². The van der Waals surface area contributed by atoms with Crippen LogP contribution in [0.25, 0.3) is 11.3 Å². The third-order valence-corrected chi connectivity index (χ3v) is 3.02. The van der Waals surface area contributed by atoms with Crippen LogP contribution in [0, 0.1) is 0 Å². The highest BCUT2D eigenvalue weighted by atomic mass is 16.7. The zero-order valence-electron chi connectivity index (χ0n) is 12.4. The molecule has 114 valence electrons. The van der Waals surface area contributed by atoms with Crippen molar-refractivity contribution in [2.45, 2.75) is 13.3 Å². The third kappa shape index (κ3) is 3.35. The minimum Gasteiger partial charge on any atom is -0.465 e. The van der Waals surface area contributed by atoms with Gasteiger partial charge in [-0.25, -0.2) is 0 Å². The topological polar surface area (TPSA) is 78.4 Å². The zero-order valence-corrected chi connectivity index (χ0v) is 12.4. The number of hydrogen-bond acceptors (Lipinski definition) is 6. The Balaban J connectivity index is 2.51. The second kappa shape index (κ2) is 7.42. The van der Waals surface area contributed by atoms with E-state index in [1.807, 2.05) is 0 Å². The predicted molar refractivity (Wildman–Crippen MR) is 80.0 cm³/mol. The third-order valence-electron chi connectivity index (χ3n) is 3.02. The van der Waals surface area contributed by atoms with Gasteiger partial charge in [0.25, 0.3) is 0 Å². The summed E-state index contributed by atoms with van der Waals surface area (Å²) in [5.41, 5.74) is 1.84. The number of rotatable bonds is 7. The number of aldehydes is 1. The Bertz CT molecular complexity index is 686. The molecule has 2 aromatic rings. The molecule has 0 bridgehead atoms. The van der Waals surface area contributed by atoms with Crippen molar-refractivity contribution in [1.29, 1.82) is 0 Å². The van der Waals surface area contributed by atoms with Gasteiger partial charge in [-0.05, 0) is 18.2 Å². The van der Waals surface area contributed by atoms with Crippen LogP contribution >= 0.6 is 0 Å². The van der Waals surface area contributed by atoms with Crippen LogP contribution in [-0.2, 0) is 4.74 Å². The van der Waals surface area contributed by atoms with E-state index < -0.39 is 0 Å². The van der Waals surface area contributed by atoms with E-state index in [2.05, 4.69) is 9.97 Å². The van der Waals surface area contributed by atoms with Gasteiger partial charge in [0.05, 0.1) is 5.56 Å². The Hall–Kier alpha value is -2.60. The number of nitrogens with zero attached hydrogens (tertiary/aromatic N) is 2. The van der Waals surface area contributed by atoms with Crippen molar-refractivity contribution in [3.05, 3.63) is 41.9 Å². The molecule has 0 N–H and O–H groups in total. The fourth-order valence-corrected chi connectivity index (χ4v) is 1.94. The normalized spacial score (nSPS) is 10.3. The van der Waals surface area contributed by atoms with E-state index in [1.165, 1.54) is 19.5 Å². The lowest BCUT2D eigenvalue weighted by Gasteiger charge is -2.12. The first-order valence-electron chi connectivity index (χ1n) is 6.76. The molecule has 22 heavy (non-hydrogen) atoms. The highest BCUT2D eigenvalue weighted by Gasteiger charge is 2.15. The molecule has 0 aliphatic heterocycles. The van der Waals surface area contributed by atoms with Crippen LogP contribution in [0.2, 0.25) is 0 Å². The van der Waals surface area contributed by atoms with E-state index in [0.717, 1.165) is 0 Å². The van der Waals surface area contributed by atoms with Gasteiger partial charge in [-0.1, -0.05) is 6.92 Å². The largest absolute Gasteiger partial charge is 0.465 e. The van der Waals surface area contributed by atoms with Gasteiger partial charge in [0.1, 0.15) is 11.4 Å². The number of aromatic nitrogens is 2. The van der Waals surface area contributed by atoms with Crippen LogP contribution in [0.4, 0.5) is 0 Å². The number of ether oxygens (including phenoxy) is 2. The standard InChI is InChI=1S/C16H16N2O4/c1-3-14(20)13-8-11(4-6-17-13)15-16(22-10-21-2)12(9-19)5-7-18-15/h4-9H,3,10H2,1-2H3. The maximum absolute atomic E-state index is 11.8. The van der Waals surface area contributed by atoms with Gasteiger partial charge in [0.15, 0.2) is 24.6 Å². The lowest BCUT2D eigenvalue weighted by atomic mass is 10.1. The molecule has 0 atom stereocenters. The van der Waals surface area contributed by atoms with Crippen LogP contribution in [0.5, 0.6) is 5.75 Å². The minimum atomic E-state index is -0.0623. The van der Waals surface area contributed by atoms with Gasteiger partial charge in [-0.2, -0.15) is 0 Å². The van der Waals surface area contributed by atoms with Gasteiger partial charge >= 0.3 is 0 Å². The summed E-state index contributed by atoms with van der Waals surface area (Å²) >= 11 is 0. The van der Waals surface area contributed by atoms with Crippen molar-refractivity contribution in [3.8, 4) is 17.0 Å². The Morgan fingerprint density at radius 1 is 1.27 bits per heavy atom. The molecule has 0 aromatic carbocycles. The van der Waals surface area contributed by atoms with Crippen LogP contribution in [0.1, 0.15) is 34.2 Å². The SMILES string of the molecule is CCC(=O)c1cc(-c2nccc(C=O)c2OCOC)ccn1. The highest BCUT2D eigenvalue weighted by Crippen LogP contribution is 2.30. The van der Waals surface area contributed by atoms with Crippen LogP contribution in [0.15, 0.2) is 30.6 Å². The minimum absolute atomic E-state index is 0.00857. The fourth-order valence-electron chi connectivity index (χ4n) is 1.94. The first-order chi connectivity index (χ1) is 10.7. The van der Waals surface area contributed by atoms with E-state index in [-0.39, 0.29) is 12.6 Å². The fraction of sp³-hybridized carbons (Fsp3) is 0.250. The first-order valence-corrected chi connectivity index (χ1v) is 6.76. The molecule has 0 amide bonds. The molecule has 6 nitrogen and oxygen atoms in total. The Morgan fingerprint density at radius 2 is 2.05 bits per heavy atom. The summed E-state index contributed by atoms with van der Waals surface area (Å²) in [5.74, 6) is 0.258. The second-order valence-electron chi connectivity index (χ2n) is 4.45. The lowest BCUT2D eigenvalue weighted by Crippen LogP contribution is -2.05. The van der Waals surface area contributed by atoms with Crippen LogP contribution in [-0.4, -0.2) is 35.9 Å². The predicted octanol–water partition coefficient (Wildman–Crippen LogP) is 2.53. The van der Waals surface area contributed by atoms with Crippen LogP contribution in [0.3, 0.4) is 0 Å². The summed E-state index contributed by atoms with van der Waals surface area (Å²) in [6.45, 7) is 1.76. The summed E-state index contributed by atoms with van der Waals surface area (Å²) in [5, 5.41) is 0. The van der Waals surface area contributed by atoms with E-state index in [4.69, 9.17) is 9.47 Å².